The number of piperidine rings is 1. The maximum Gasteiger partial charge on any atom is 0.256 e. The Morgan fingerprint density at radius 1 is 1.25 bits per heavy atom. The Bertz CT molecular complexity index is 1150. The van der Waals surface area contributed by atoms with Gasteiger partial charge in [-0.25, -0.2) is 9.37 Å². The lowest BCUT2D eigenvalue weighted by Crippen LogP contribution is -2.55. The number of halogens is 2. The van der Waals surface area contributed by atoms with Gasteiger partial charge in [0.2, 0.25) is 5.91 Å². The number of benzene rings is 1. The first-order chi connectivity index (χ1) is 15.1. The fraction of sp³-hybridized carbons (Fsp3) is 0.375. The number of carbonyl (C=O) groups excluding carboxylic acids is 2. The molecule has 1 aliphatic rings. The molecule has 2 atom stereocenters. The average molecular weight is 457 g/mol. The molecule has 1 N–H and O–H groups in total. The summed E-state index contributed by atoms with van der Waals surface area (Å²) in [6.45, 7) is 6.30. The number of fused-ring (bicyclic) bond motifs is 1. The number of nitrogens with zero attached hydrogens (tertiary/aromatic N) is 3. The SMILES string of the molecule is CC(C)(C)C(=O)N[C@@H]1CN(C(=O)c2cccn3cncc23)CC[C@H]1c1cc(F)cc(Cl)c1. The van der Waals surface area contributed by atoms with E-state index in [-0.39, 0.29) is 23.8 Å². The second-order valence-electron chi connectivity index (χ2n) is 9.29. The fourth-order valence-electron chi connectivity index (χ4n) is 4.16. The average Bonchev–Trinajstić information content (AvgIpc) is 3.20. The van der Waals surface area contributed by atoms with Gasteiger partial charge in [0.25, 0.3) is 5.91 Å². The Morgan fingerprint density at radius 3 is 2.75 bits per heavy atom. The van der Waals surface area contributed by atoms with E-state index in [0.29, 0.717) is 30.1 Å². The molecule has 2 amide bonds. The van der Waals surface area contributed by atoms with Crippen molar-refractivity contribution in [1.82, 2.24) is 19.6 Å². The largest absolute Gasteiger partial charge is 0.351 e. The lowest BCUT2D eigenvalue weighted by atomic mass is 9.84. The van der Waals surface area contributed by atoms with Crippen molar-refractivity contribution in [2.45, 2.75) is 39.2 Å². The summed E-state index contributed by atoms with van der Waals surface area (Å²) in [5, 5.41) is 3.41. The fourth-order valence-corrected chi connectivity index (χ4v) is 4.39. The van der Waals surface area contributed by atoms with Crippen LogP contribution in [-0.2, 0) is 4.79 Å². The van der Waals surface area contributed by atoms with E-state index in [2.05, 4.69) is 10.3 Å². The Balaban J connectivity index is 1.64. The molecule has 0 spiro atoms. The molecular weight excluding hydrogens is 431 g/mol. The molecule has 3 heterocycles. The number of hydrogen-bond acceptors (Lipinski definition) is 3. The van der Waals surface area contributed by atoms with Gasteiger partial charge >= 0.3 is 0 Å². The van der Waals surface area contributed by atoms with Crippen molar-refractivity contribution in [2.24, 2.45) is 5.41 Å². The van der Waals surface area contributed by atoms with Crippen molar-refractivity contribution in [3.8, 4) is 0 Å². The van der Waals surface area contributed by atoms with Crippen LogP contribution in [0.1, 0.15) is 49.0 Å². The van der Waals surface area contributed by atoms with E-state index in [9.17, 15) is 14.0 Å². The van der Waals surface area contributed by atoms with Gasteiger partial charge in [0, 0.05) is 35.6 Å². The van der Waals surface area contributed by atoms with Crippen molar-refractivity contribution < 1.29 is 14.0 Å². The van der Waals surface area contributed by atoms with Crippen LogP contribution in [0.2, 0.25) is 5.02 Å². The van der Waals surface area contributed by atoms with E-state index in [1.807, 2.05) is 33.0 Å². The van der Waals surface area contributed by atoms with Gasteiger partial charge < -0.3 is 14.6 Å². The zero-order valence-electron chi connectivity index (χ0n) is 18.3. The van der Waals surface area contributed by atoms with Gasteiger partial charge in [-0.05, 0) is 42.3 Å². The molecular formula is C24H26ClFN4O2. The molecule has 3 aromatic rings. The summed E-state index contributed by atoms with van der Waals surface area (Å²) < 4.78 is 15.9. The third kappa shape index (κ3) is 4.48. The van der Waals surface area contributed by atoms with Gasteiger partial charge in [0.05, 0.1) is 29.6 Å². The van der Waals surface area contributed by atoms with Crippen molar-refractivity contribution in [2.75, 3.05) is 13.1 Å². The van der Waals surface area contributed by atoms with Crippen LogP contribution in [0, 0.1) is 11.2 Å². The molecule has 0 unspecified atom stereocenters. The zero-order valence-corrected chi connectivity index (χ0v) is 19.1. The van der Waals surface area contributed by atoms with Crippen LogP contribution >= 0.6 is 11.6 Å². The highest BCUT2D eigenvalue weighted by Gasteiger charge is 2.36. The van der Waals surface area contributed by atoms with Crippen molar-refractivity contribution in [1.29, 1.82) is 0 Å². The molecule has 0 bridgehead atoms. The number of amides is 2. The number of imidazole rings is 1. The van der Waals surface area contributed by atoms with E-state index in [0.717, 1.165) is 11.1 Å². The highest BCUT2D eigenvalue weighted by atomic mass is 35.5. The van der Waals surface area contributed by atoms with E-state index < -0.39 is 11.2 Å². The molecule has 1 fully saturated rings. The maximum atomic E-state index is 14.1. The molecule has 4 rings (SSSR count). The highest BCUT2D eigenvalue weighted by Crippen LogP contribution is 2.32. The second kappa shape index (κ2) is 8.54. The molecule has 1 saturated heterocycles. The van der Waals surface area contributed by atoms with Crippen LogP contribution in [0.5, 0.6) is 0 Å². The van der Waals surface area contributed by atoms with Crippen LogP contribution in [0.4, 0.5) is 4.39 Å². The van der Waals surface area contributed by atoms with Crippen LogP contribution in [0.25, 0.3) is 5.52 Å². The normalized spacial score (nSPS) is 19.2. The molecule has 0 aliphatic carbocycles. The first-order valence-electron chi connectivity index (χ1n) is 10.6. The van der Waals surface area contributed by atoms with Crippen LogP contribution in [-0.4, -0.2) is 45.2 Å². The predicted octanol–water partition coefficient (Wildman–Crippen LogP) is 4.29. The molecule has 2 aromatic heterocycles. The van der Waals surface area contributed by atoms with Crippen molar-refractivity contribution in [3.63, 3.8) is 0 Å². The van der Waals surface area contributed by atoms with E-state index in [1.54, 1.807) is 34.0 Å². The minimum atomic E-state index is -0.598. The van der Waals surface area contributed by atoms with Crippen molar-refractivity contribution in [3.05, 3.63) is 71.0 Å². The van der Waals surface area contributed by atoms with Gasteiger partial charge in [0.1, 0.15) is 5.82 Å². The molecule has 8 heteroatoms. The van der Waals surface area contributed by atoms with E-state index >= 15 is 0 Å². The standard InChI is InChI=1S/C24H26ClFN4O2/c1-24(2,3)23(32)28-20-13-29(8-6-18(20)15-9-16(25)11-17(26)10-15)22(31)19-5-4-7-30-14-27-12-21(19)30/h4-5,7,9-12,14,18,20H,6,8,13H2,1-3H3,(H,28,32)/t18-,20+/m0/s1. The first kappa shape index (κ1) is 22.3. The highest BCUT2D eigenvalue weighted by molar-refractivity contribution is 6.30. The molecule has 6 nitrogen and oxygen atoms in total. The third-order valence-corrected chi connectivity index (χ3v) is 6.11. The van der Waals surface area contributed by atoms with Gasteiger partial charge in [-0.3, -0.25) is 9.59 Å². The smallest absolute Gasteiger partial charge is 0.256 e. The monoisotopic (exact) mass is 456 g/mol. The van der Waals surface area contributed by atoms with Gasteiger partial charge in [-0.1, -0.05) is 32.4 Å². The summed E-state index contributed by atoms with van der Waals surface area (Å²) in [6.07, 6.45) is 5.72. The minimum absolute atomic E-state index is 0.123. The summed E-state index contributed by atoms with van der Waals surface area (Å²) in [4.78, 5) is 32.1. The Kier molecular flexibility index (Phi) is 5.95. The number of pyridine rings is 1. The summed E-state index contributed by atoms with van der Waals surface area (Å²) in [6, 6.07) is 7.66. The van der Waals surface area contributed by atoms with Gasteiger partial charge in [0.15, 0.2) is 0 Å². The topological polar surface area (TPSA) is 66.7 Å². The molecule has 168 valence electrons. The predicted molar refractivity (Wildman–Crippen MR) is 121 cm³/mol. The summed E-state index contributed by atoms with van der Waals surface area (Å²) in [5.41, 5.74) is 1.41. The molecule has 1 aromatic carbocycles. The third-order valence-electron chi connectivity index (χ3n) is 5.89. The molecule has 0 radical (unpaired) electrons. The first-order valence-corrected chi connectivity index (χ1v) is 11.0. The lowest BCUT2D eigenvalue weighted by molar-refractivity contribution is -0.129. The molecule has 0 saturated carbocycles. The van der Waals surface area contributed by atoms with Crippen LogP contribution in [0.15, 0.2) is 49.1 Å². The Hall–Kier alpha value is -2.93. The number of carbonyl (C=O) groups is 2. The summed E-state index contributed by atoms with van der Waals surface area (Å²) >= 11 is 6.10. The summed E-state index contributed by atoms with van der Waals surface area (Å²) in [5.74, 6) is -0.826. The second-order valence-corrected chi connectivity index (χ2v) is 9.72. The van der Waals surface area contributed by atoms with E-state index in [4.69, 9.17) is 11.6 Å². The maximum absolute atomic E-state index is 14.1. The van der Waals surface area contributed by atoms with Gasteiger partial charge in [-0.2, -0.15) is 0 Å². The van der Waals surface area contributed by atoms with Crippen LogP contribution in [0.3, 0.4) is 0 Å². The Labute approximate surface area is 191 Å². The van der Waals surface area contributed by atoms with E-state index in [1.165, 1.54) is 12.1 Å². The number of hydrogen-bond donors (Lipinski definition) is 1. The van der Waals surface area contributed by atoms with Crippen molar-refractivity contribution >= 4 is 28.9 Å². The zero-order chi connectivity index (χ0) is 23.0. The summed E-state index contributed by atoms with van der Waals surface area (Å²) in [7, 11) is 0. The minimum Gasteiger partial charge on any atom is -0.351 e. The quantitative estimate of drug-likeness (QED) is 0.639. The van der Waals surface area contributed by atoms with Gasteiger partial charge in [-0.15, -0.1) is 0 Å². The Morgan fingerprint density at radius 2 is 2.03 bits per heavy atom. The van der Waals surface area contributed by atoms with Crippen LogP contribution < -0.4 is 5.32 Å². The number of likely N-dealkylation sites (tertiary alicyclic amines) is 1. The number of rotatable bonds is 3. The molecule has 32 heavy (non-hydrogen) atoms. The number of nitrogens with one attached hydrogen (secondary N) is 1. The molecule has 1 aliphatic heterocycles. The number of aromatic nitrogens is 2. The lowest BCUT2D eigenvalue weighted by Gasteiger charge is -2.40.